The molecule has 1 aliphatic rings. The smallest absolute Gasteiger partial charge is 0.220 e. The van der Waals surface area contributed by atoms with E-state index in [2.05, 4.69) is 18.5 Å². The molecule has 66 valence electrons. The van der Waals surface area contributed by atoms with Crippen molar-refractivity contribution < 1.29 is 4.79 Å². The lowest BCUT2D eigenvalue weighted by Gasteiger charge is -2.23. The lowest BCUT2D eigenvalue weighted by Crippen LogP contribution is -2.31. The van der Waals surface area contributed by atoms with Gasteiger partial charge >= 0.3 is 0 Å². The summed E-state index contributed by atoms with van der Waals surface area (Å²) in [5.74, 6) is 0.139. The molecule has 1 saturated heterocycles. The number of hydrogen-bond donors (Lipinski definition) is 1. The Morgan fingerprint density at radius 2 is 2.08 bits per heavy atom. The summed E-state index contributed by atoms with van der Waals surface area (Å²) in [6, 6.07) is 0. The second-order valence-corrected chi connectivity index (χ2v) is 3.27. The fourth-order valence-electron chi connectivity index (χ4n) is 1.45. The van der Waals surface area contributed by atoms with Crippen LogP contribution >= 0.6 is 0 Å². The zero-order valence-electron chi connectivity index (χ0n) is 7.31. The van der Waals surface area contributed by atoms with Gasteiger partial charge in [0.1, 0.15) is 0 Å². The third-order valence-corrected chi connectivity index (χ3v) is 2.47. The van der Waals surface area contributed by atoms with Crippen LogP contribution in [-0.2, 0) is 4.79 Å². The highest BCUT2D eigenvalue weighted by molar-refractivity contribution is 5.76. The van der Waals surface area contributed by atoms with Gasteiger partial charge < -0.3 is 5.32 Å². The van der Waals surface area contributed by atoms with Crippen LogP contribution in [0, 0.1) is 5.41 Å². The molecule has 2 nitrogen and oxygen atoms in total. The van der Waals surface area contributed by atoms with Crippen LogP contribution in [0.5, 0.6) is 0 Å². The van der Waals surface area contributed by atoms with E-state index in [0.717, 1.165) is 12.8 Å². The van der Waals surface area contributed by atoms with Crippen LogP contribution in [-0.4, -0.2) is 12.5 Å². The van der Waals surface area contributed by atoms with Gasteiger partial charge in [-0.15, -0.1) is 13.2 Å². The van der Waals surface area contributed by atoms with Gasteiger partial charge in [0.25, 0.3) is 0 Å². The van der Waals surface area contributed by atoms with Crippen LogP contribution in [0.15, 0.2) is 25.3 Å². The summed E-state index contributed by atoms with van der Waals surface area (Å²) in [4.78, 5) is 11.0. The third-order valence-electron chi connectivity index (χ3n) is 2.47. The monoisotopic (exact) mass is 165 g/mol. The molecule has 1 fully saturated rings. The lowest BCUT2D eigenvalue weighted by atomic mass is 9.84. The Balaban J connectivity index is 2.71. The largest absolute Gasteiger partial charge is 0.355 e. The van der Waals surface area contributed by atoms with Gasteiger partial charge in [-0.1, -0.05) is 12.2 Å². The molecule has 0 aliphatic carbocycles. The first-order valence-corrected chi connectivity index (χ1v) is 4.26. The van der Waals surface area contributed by atoms with Crippen molar-refractivity contribution in [1.82, 2.24) is 5.32 Å². The van der Waals surface area contributed by atoms with E-state index in [4.69, 9.17) is 0 Å². The van der Waals surface area contributed by atoms with Crippen LogP contribution in [0.2, 0.25) is 0 Å². The predicted octanol–water partition coefficient (Wildman–Crippen LogP) is 1.64. The minimum absolute atomic E-state index is 0.0772. The summed E-state index contributed by atoms with van der Waals surface area (Å²) >= 11 is 0. The molecule has 12 heavy (non-hydrogen) atoms. The van der Waals surface area contributed by atoms with Gasteiger partial charge in [-0.2, -0.15) is 0 Å². The summed E-state index contributed by atoms with van der Waals surface area (Å²) < 4.78 is 0. The van der Waals surface area contributed by atoms with E-state index in [1.807, 2.05) is 12.2 Å². The number of hydrogen-bond acceptors (Lipinski definition) is 1. The minimum atomic E-state index is -0.0772. The first-order valence-electron chi connectivity index (χ1n) is 4.26. The van der Waals surface area contributed by atoms with Crippen molar-refractivity contribution in [3.05, 3.63) is 25.3 Å². The molecular weight excluding hydrogens is 150 g/mol. The average molecular weight is 165 g/mol. The second-order valence-electron chi connectivity index (χ2n) is 3.27. The number of carbonyl (C=O) groups excluding carboxylic acids is 1. The van der Waals surface area contributed by atoms with Gasteiger partial charge in [0, 0.05) is 18.4 Å². The standard InChI is InChI=1S/C10H15NO/c1-3-10(4-2)7-5-6-9(12)11-8-10/h3-4H,1-2,5-8H2,(H,11,12). The molecule has 1 heterocycles. The maximum absolute atomic E-state index is 11.0. The van der Waals surface area contributed by atoms with Crippen LogP contribution in [0.1, 0.15) is 19.3 Å². The minimum Gasteiger partial charge on any atom is -0.355 e. The van der Waals surface area contributed by atoms with Crippen LogP contribution in [0.4, 0.5) is 0 Å². The highest BCUT2D eigenvalue weighted by atomic mass is 16.1. The van der Waals surface area contributed by atoms with Crippen molar-refractivity contribution in [2.75, 3.05) is 6.54 Å². The molecule has 1 aliphatic heterocycles. The Labute approximate surface area is 73.4 Å². The number of amides is 1. The quantitative estimate of drug-likeness (QED) is 0.619. The molecule has 0 aromatic carbocycles. The molecule has 0 aromatic heterocycles. The molecule has 0 atom stereocenters. The molecule has 1 amide bonds. The second kappa shape index (κ2) is 3.57. The Morgan fingerprint density at radius 1 is 1.42 bits per heavy atom. The Morgan fingerprint density at radius 3 is 2.67 bits per heavy atom. The molecule has 0 bridgehead atoms. The van der Waals surface area contributed by atoms with Crippen molar-refractivity contribution in [1.29, 1.82) is 0 Å². The van der Waals surface area contributed by atoms with Gasteiger partial charge in [0.15, 0.2) is 0 Å². The maximum Gasteiger partial charge on any atom is 0.220 e. The topological polar surface area (TPSA) is 29.1 Å². The normalized spacial score (nSPS) is 22.2. The SMILES string of the molecule is C=CC1(C=C)CCCC(=O)NC1. The summed E-state index contributed by atoms with van der Waals surface area (Å²) in [5.41, 5.74) is -0.0772. The van der Waals surface area contributed by atoms with E-state index in [1.165, 1.54) is 0 Å². The lowest BCUT2D eigenvalue weighted by molar-refractivity contribution is -0.120. The van der Waals surface area contributed by atoms with Crippen molar-refractivity contribution >= 4 is 5.91 Å². The highest BCUT2D eigenvalue weighted by Crippen LogP contribution is 2.28. The Bertz CT molecular complexity index is 200. The van der Waals surface area contributed by atoms with E-state index < -0.39 is 0 Å². The zero-order chi connectivity index (χ0) is 9.03. The fourth-order valence-corrected chi connectivity index (χ4v) is 1.45. The number of rotatable bonds is 2. The van der Waals surface area contributed by atoms with Gasteiger partial charge in [0.2, 0.25) is 5.91 Å². The first kappa shape index (κ1) is 9.04. The Kier molecular flexibility index (Phi) is 2.69. The van der Waals surface area contributed by atoms with Gasteiger partial charge in [-0.05, 0) is 12.8 Å². The van der Waals surface area contributed by atoms with Crippen LogP contribution in [0.3, 0.4) is 0 Å². The van der Waals surface area contributed by atoms with E-state index in [0.29, 0.717) is 13.0 Å². The molecular formula is C10H15NO. The molecule has 0 spiro atoms. The van der Waals surface area contributed by atoms with Crippen molar-refractivity contribution in [3.8, 4) is 0 Å². The number of carbonyl (C=O) groups is 1. The van der Waals surface area contributed by atoms with Crippen LogP contribution < -0.4 is 5.32 Å². The molecule has 0 unspecified atom stereocenters. The molecule has 1 N–H and O–H groups in total. The van der Waals surface area contributed by atoms with Gasteiger partial charge in [-0.25, -0.2) is 0 Å². The van der Waals surface area contributed by atoms with Gasteiger partial charge in [-0.3, -0.25) is 4.79 Å². The van der Waals surface area contributed by atoms with Crippen molar-refractivity contribution in [3.63, 3.8) is 0 Å². The van der Waals surface area contributed by atoms with Crippen molar-refractivity contribution in [2.24, 2.45) is 5.41 Å². The molecule has 0 aromatic rings. The van der Waals surface area contributed by atoms with E-state index in [-0.39, 0.29) is 11.3 Å². The first-order chi connectivity index (χ1) is 5.72. The van der Waals surface area contributed by atoms with Gasteiger partial charge in [0.05, 0.1) is 0 Å². The maximum atomic E-state index is 11.0. The predicted molar refractivity (Wildman–Crippen MR) is 49.7 cm³/mol. The third kappa shape index (κ3) is 1.76. The van der Waals surface area contributed by atoms with E-state index in [1.54, 1.807) is 0 Å². The summed E-state index contributed by atoms with van der Waals surface area (Å²) in [5, 5.41) is 2.86. The highest BCUT2D eigenvalue weighted by Gasteiger charge is 2.25. The van der Waals surface area contributed by atoms with E-state index >= 15 is 0 Å². The molecule has 0 saturated carbocycles. The average Bonchev–Trinajstić information content (AvgIpc) is 2.28. The summed E-state index contributed by atoms with van der Waals surface area (Å²) in [7, 11) is 0. The number of nitrogens with one attached hydrogen (secondary N) is 1. The zero-order valence-corrected chi connectivity index (χ0v) is 7.31. The van der Waals surface area contributed by atoms with Crippen LogP contribution in [0.25, 0.3) is 0 Å². The summed E-state index contributed by atoms with van der Waals surface area (Å²) in [6.07, 6.45) is 6.28. The molecule has 1 rings (SSSR count). The molecule has 0 radical (unpaired) electrons. The van der Waals surface area contributed by atoms with E-state index in [9.17, 15) is 4.79 Å². The van der Waals surface area contributed by atoms with Crippen molar-refractivity contribution in [2.45, 2.75) is 19.3 Å². The summed E-state index contributed by atoms with van der Waals surface area (Å²) in [6.45, 7) is 8.19. The fraction of sp³-hybridized carbons (Fsp3) is 0.500. The molecule has 2 heteroatoms. The Hall–Kier alpha value is -1.05.